The molecule has 1 aliphatic heterocycles. The van der Waals surface area contributed by atoms with E-state index in [1.165, 1.54) is 11.0 Å². The highest BCUT2D eigenvalue weighted by Gasteiger charge is 2.23. The van der Waals surface area contributed by atoms with E-state index in [1.807, 2.05) is 31.2 Å². The largest absolute Gasteiger partial charge is 0.494 e. The van der Waals surface area contributed by atoms with Crippen molar-refractivity contribution < 1.29 is 19.1 Å². The summed E-state index contributed by atoms with van der Waals surface area (Å²) in [4.78, 5) is 25.5. The summed E-state index contributed by atoms with van der Waals surface area (Å²) in [6, 6.07) is 14.5. The van der Waals surface area contributed by atoms with E-state index < -0.39 is 0 Å². The van der Waals surface area contributed by atoms with Gasteiger partial charge in [-0.05, 0) is 42.8 Å². The molecule has 0 aliphatic carbocycles. The Morgan fingerprint density at radius 2 is 2.04 bits per heavy atom. The third-order valence-electron chi connectivity index (χ3n) is 3.82. The highest BCUT2D eigenvalue weighted by Crippen LogP contribution is 2.21. The molecule has 5 nitrogen and oxygen atoms in total. The van der Waals surface area contributed by atoms with Gasteiger partial charge in [-0.3, -0.25) is 9.69 Å². The zero-order valence-corrected chi connectivity index (χ0v) is 14.0. The second-order valence-electron chi connectivity index (χ2n) is 5.52. The minimum Gasteiger partial charge on any atom is -0.494 e. The van der Waals surface area contributed by atoms with Crippen molar-refractivity contribution >= 4 is 23.6 Å². The molecule has 1 amide bonds. The zero-order chi connectivity index (χ0) is 17.6. The highest BCUT2D eigenvalue weighted by molar-refractivity contribution is 6.07. The van der Waals surface area contributed by atoms with Gasteiger partial charge in [-0.1, -0.05) is 30.3 Å². The van der Waals surface area contributed by atoms with Crippen LogP contribution in [0.4, 0.5) is 10.5 Å². The van der Waals surface area contributed by atoms with Gasteiger partial charge in [-0.2, -0.15) is 0 Å². The van der Waals surface area contributed by atoms with E-state index in [9.17, 15) is 9.59 Å². The van der Waals surface area contributed by atoms with Gasteiger partial charge in [0.05, 0.1) is 13.2 Å². The van der Waals surface area contributed by atoms with Crippen LogP contribution in [-0.4, -0.2) is 31.6 Å². The lowest BCUT2D eigenvalue weighted by Crippen LogP contribution is -2.23. The van der Waals surface area contributed by atoms with Gasteiger partial charge in [-0.15, -0.1) is 0 Å². The average Bonchev–Trinajstić information content (AvgIpc) is 3.07. The molecule has 5 heteroatoms. The second kappa shape index (κ2) is 7.66. The summed E-state index contributed by atoms with van der Waals surface area (Å²) in [7, 11) is 0. The van der Waals surface area contributed by atoms with Crippen molar-refractivity contribution in [2.24, 2.45) is 0 Å². The summed E-state index contributed by atoms with van der Waals surface area (Å²) < 4.78 is 10.3. The van der Waals surface area contributed by atoms with Crippen LogP contribution in [0.5, 0.6) is 5.75 Å². The molecule has 128 valence electrons. The van der Waals surface area contributed by atoms with Gasteiger partial charge in [0.2, 0.25) is 0 Å². The Hall–Kier alpha value is -3.08. The molecule has 0 saturated carbocycles. The van der Waals surface area contributed by atoms with E-state index in [0.717, 1.165) is 11.3 Å². The Bertz CT molecular complexity index is 796. The second-order valence-corrected chi connectivity index (χ2v) is 5.52. The minimum atomic E-state index is -0.380. The topological polar surface area (TPSA) is 55.8 Å². The number of benzene rings is 2. The first-order valence-electron chi connectivity index (χ1n) is 8.17. The fraction of sp³-hybridized carbons (Fsp3) is 0.200. The molecule has 2 aromatic rings. The summed E-state index contributed by atoms with van der Waals surface area (Å²) >= 11 is 0. The van der Waals surface area contributed by atoms with E-state index >= 15 is 0 Å². The Balaban J connectivity index is 1.71. The normalized spacial score (nSPS) is 14.0. The van der Waals surface area contributed by atoms with Crippen LogP contribution in [0.2, 0.25) is 0 Å². The van der Waals surface area contributed by atoms with Crippen LogP contribution in [0.15, 0.2) is 54.6 Å². The smallest absolute Gasteiger partial charge is 0.414 e. The maximum Gasteiger partial charge on any atom is 0.414 e. The number of amides is 1. The number of hydrogen-bond donors (Lipinski definition) is 0. The van der Waals surface area contributed by atoms with Crippen molar-refractivity contribution in [2.75, 3.05) is 24.7 Å². The fourth-order valence-electron chi connectivity index (χ4n) is 2.56. The monoisotopic (exact) mass is 337 g/mol. The molecule has 1 saturated heterocycles. The lowest BCUT2D eigenvalue weighted by atomic mass is 10.1. The molecule has 25 heavy (non-hydrogen) atoms. The van der Waals surface area contributed by atoms with Gasteiger partial charge in [-0.25, -0.2) is 4.79 Å². The predicted molar refractivity (Wildman–Crippen MR) is 96.1 cm³/mol. The number of allylic oxidation sites excluding steroid dienone is 1. The Morgan fingerprint density at radius 3 is 2.72 bits per heavy atom. The standard InChI is InChI=1S/C20H19NO4/c1-2-24-18-9-6-15(7-10-18)8-11-19(22)16-4-3-5-17(14-16)21-12-13-25-20(21)23/h3-11,14H,2,12-13H2,1H3. The number of cyclic esters (lactones) is 1. The number of carbonyl (C=O) groups is 2. The van der Waals surface area contributed by atoms with E-state index in [-0.39, 0.29) is 11.9 Å². The van der Waals surface area contributed by atoms with Crippen LogP contribution in [0.25, 0.3) is 6.08 Å². The Morgan fingerprint density at radius 1 is 1.24 bits per heavy atom. The molecule has 0 atom stereocenters. The number of hydrogen-bond acceptors (Lipinski definition) is 4. The van der Waals surface area contributed by atoms with Gasteiger partial charge in [0.1, 0.15) is 12.4 Å². The summed E-state index contributed by atoms with van der Waals surface area (Å²) in [5.74, 6) is 0.680. The van der Waals surface area contributed by atoms with Crippen LogP contribution in [0, 0.1) is 0 Å². The molecule has 0 aromatic heterocycles. The van der Waals surface area contributed by atoms with Crippen LogP contribution < -0.4 is 9.64 Å². The molecule has 3 rings (SSSR count). The number of nitrogens with zero attached hydrogens (tertiary/aromatic N) is 1. The third-order valence-corrected chi connectivity index (χ3v) is 3.82. The first-order chi connectivity index (χ1) is 12.2. The van der Waals surface area contributed by atoms with Crippen LogP contribution in [-0.2, 0) is 4.74 Å². The summed E-state index contributed by atoms with van der Waals surface area (Å²) in [5, 5.41) is 0. The summed E-state index contributed by atoms with van der Waals surface area (Å²) in [6.07, 6.45) is 2.90. The Labute approximate surface area is 146 Å². The maximum atomic E-state index is 12.4. The maximum absolute atomic E-state index is 12.4. The molecular weight excluding hydrogens is 318 g/mol. The third kappa shape index (κ3) is 4.07. The van der Waals surface area contributed by atoms with Crippen molar-refractivity contribution in [1.82, 2.24) is 0 Å². The SMILES string of the molecule is CCOc1ccc(C=CC(=O)c2cccc(N3CCOC3=O)c2)cc1. The van der Waals surface area contributed by atoms with Crippen molar-refractivity contribution in [3.05, 3.63) is 65.7 Å². The number of rotatable bonds is 6. The molecule has 0 radical (unpaired) electrons. The molecule has 1 fully saturated rings. The first kappa shape index (κ1) is 16.8. The van der Waals surface area contributed by atoms with E-state index in [2.05, 4.69) is 0 Å². The van der Waals surface area contributed by atoms with E-state index in [1.54, 1.807) is 30.3 Å². The zero-order valence-electron chi connectivity index (χ0n) is 14.0. The molecule has 2 aromatic carbocycles. The van der Waals surface area contributed by atoms with Gasteiger partial charge >= 0.3 is 6.09 Å². The van der Waals surface area contributed by atoms with Gasteiger partial charge in [0.15, 0.2) is 5.78 Å². The number of anilines is 1. The van der Waals surface area contributed by atoms with Crippen LogP contribution in [0.3, 0.4) is 0 Å². The van der Waals surface area contributed by atoms with Crippen LogP contribution in [0.1, 0.15) is 22.8 Å². The fourth-order valence-corrected chi connectivity index (χ4v) is 2.56. The molecule has 0 bridgehead atoms. The first-order valence-corrected chi connectivity index (χ1v) is 8.17. The number of carbonyl (C=O) groups excluding carboxylic acids is 2. The average molecular weight is 337 g/mol. The van der Waals surface area contributed by atoms with E-state index in [0.29, 0.717) is 31.0 Å². The van der Waals surface area contributed by atoms with Crippen molar-refractivity contribution in [2.45, 2.75) is 6.92 Å². The van der Waals surface area contributed by atoms with Crippen molar-refractivity contribution in [1.29, 1.82) is 0 Å². The molecule has 1 heterocycles. The number of ether oxygens (including phenoxy) is 2. The molecule has 0 N–H and O–H groups in total. The minimum absolute atomic E-state index is 0.122. The summed E-state index contributed by atoms with van der Waals surface area (Å²) in [5.41, 5.74) is 2.11. The number of ketones is 1. The van der Waals surface area contributed by atoms with Gasteiger partial charge < -0.3 is 9.47 Å². The highest BCUT2D eigenvalue weighted by atomic mass is 16.6. The lowest BCUT2D eigenvalue weighted by Gasteiger charge is -2.13. The quantitative estimate of drug-likeness (QED) is 0.592. The lowest BCUT2D eigenvalue weighted by molar-refractivity contribution is 0.104. The summed E-state index contributed by atoms with van der Waals surface area (Å²) in [6.45, 7) is 3.42. The van der Waals surface area contributed by atoms with Crippen molar-refractivity contribution in [3.63, 3.8) is 0 Å². The van der Waals surface area contributed by atoms with Crippen LogP contribution >= 0.6 is 0 Å². The predicted octanol–water partition coefficient (Wildman–Crippen LogP) is 3.94. The van der Waals surface area contributed by atoms with Gasteiger partial charge in [0.25, 0.3) is 0 Å². The molecule has 0 spiro atoms. The van der Waals surface area contributed by atoms with Gasteiger partial charge in [0, 0.05) is 11.3 Å². The molecule has 1 aliphatic rings. The molecule has 0 unspecified atom stereocenters. The van der Waals surface area contributed by atoms with Crippen molar-refractivity contribution in [3.8, 4) is 5.75 Å². The van der Waals surface area contributed by atoms with E-state index in [4.69, 9.17) is 9.47 Å². The Kier molecular flexibility index (Phi) is 5.14. The molecular formula is C20H19NO4.